The Labute approximate surface area is 134 Å². The molecule has 1 aromatic carbocycles. The van der Waals surface area contributed by atoms with E-state index in [4.69, 9.17) is 0 Å². The minimum atomic E-state index is -4.33. The molecule has 1 saturated heterocycles. The molecule has 6 heteroatoms. The molecule has 1 fully saturated rings. The third kappa shape index (κ3) is 4.47. The van der Waals surface area contributed by atoms with Gasteiger partial charge in [0.25, 0.3) is 0 Å². The van der Waals surface area contributed by atoms with Crippen LogP contribution in [0.15, 0.2) is 24.3 Å². The highest BCUT2D eigenvalue weighted by Gasteiger charge is 2.31. The third-order valence-electron chi connectivity index (χ3n) is 4.43. The van der Waals surface area contributed by atoms with Crippen LogP contribution in [0.5, 0.6) is 0 Å². The summed E-state index contributed by atoms with van der Waals surface area (Å²) >= 11 is 0. The van der Waals surface area contributed by atoms with Crippen molar-refractivity contribution in [2.75, 3.05) is 20.1 Å². The molecule has 2 rings (SSSR count). The maximum atomic E-state index is 12.6. The van der Waals surface area contributed by atoms with E-state index >= 15 is 0 Å². The van der Waals surface area contributed by atoms with E-state index in [-0.39, 0.29) is 17.9 Å². The van der Waals surface area contributed by atoms with Crippen LogP contribution in [0.25, 0.3) is 0 Å². The number of rotatable bonds is 5. The lowest BCUT2D eigenvalue weighted by molar-refractivity contribution is -0.137. The first-order chi connectivity index (χ1) is 10.8. The lowest BCUT2D eigenvalue weighted by Crippen LogP contribution is -2.41. The van der Waals surface area contributed by atoms with Gasteiger partial charge in [0, 0.05) is 25.6 Å². The molecule has 1 aromatic rings. The molecular weight excluding hydrogens is 305 g/mol. The summed E-state index contributed by atoms with van der Waals surface area (Å²) in [5.74, 6) is -0.0178. The number of benzene rings is 1. The maximum absolute atomic E-state index is 12.6. The SMILES string of the molecule is CNCC1CCCN1C(=O)CC(C)c1ccc(C(F)(F)F)cc1. The summed E-state index contributed by atoms with van der Waals surface area (Å²) in [4.78, 5) is 14.4. The summed E-state index contributed by atoms with van der Waals surface area (Å²) in [6, 6.07) is 5.32. The number of carbonyl (C=O) groups excluding carboxylic acids is 1. The molecule has 0 spiro atoms. The number of halogens is 3. The van der Waals surface area contributed by atoms with Gasteiger partial charge in [-0.15, -0.1) is 0 Å². The maximum Gasteiger partial charge on any atom is 0.416 e. The molecule has 0 aliphatic carbocycles. The van der Waals surface area contributed by atoms with E-state index < -0.39 is 11.7 Å². The Morgan fingerprint density at radius 1 is 1.35 bits per heavy atom. The van der Waals surface area contributed by atoms with Crippen LogP contribution in [-0.4, -0.2) is 37.0 Å². The van der Waals surface area contributed by atoms with Crippen molar-refractivity contribution in [3.05, 3.63) is 35.4 Å². The number of likely N-dealkylation sites (N-methyl/N-ethyl adjacent to an activating group) is 1. The number of nitrogens with one attached hydrogen (secondary N) is 1. The van der Waals surface area contributed by atoms with Gasteiger partial charge in [0.15, 0.2) is 0 Å². The Morgan fingerprint density at radius 2 is 2.00 bits per heavy atom. The van der Waals surface area contributed by atoms with Gasteiger partial charge in [0.2, 0.25) is 5.91 Å². The standard InChI is InChI=1S/C17H23F3N2O/c1-12(13-5-7-14(8-6-13)17(18,19)20)10-16(23)22-9-3-4-15(22)11-21-2/h5-8,12,15,21H,3-4,9-11H2,1-2H3. The first-order valence-electron chi connectivity index (χ1n) is 7.94. The number of hydrogen-bond donors (Lipinski definition) is 1. The molecule has 1 aliphatic heterocycles. The van der Waals surface area contributed by atoms with Crippen LogP contribution in [-0.2, 0) is 11.0 Å². The quantitative estimate of drug-likeness (QED) is 0.898. The van der Waals surface area contributed by atoms with Crippen LogP contribution in [0.4, 0.5) is 13.2 Å². The van der Waals surface area contributed by atoms with Crippen molar-refractivity contribution in [2.24, 2.45) is 0 Å². The van der Waals surface area contributed by atoms with Crippen LogP contribution >= 0.6 is 0 Å². The Morgan fingerprint density at radius 3 is 2.57 bits per heavy atom. The third-order valence-corrected chi connectivity index (χ3v) is 4.43. The van der Waals surface area contributed by atoms with Gasteiger partial charge >= 0.3 is 6.18 Å². The zero-order valence-electron chi connectivity index (χ0n) is 13.5. The van der Waals surface area contributed by atoms with E-state index in [0.29, 0.717) is 6.42 Å². The van der Waals surface area contributed by atoms with Gasteiger partial charge < -0.3 is 10.2 Å². The number of nitrogens with zero attached hydrogens (tertiary/aromatic N) is 1. The average Bonchev–Trinajstić information content (AvgIpc) is 2.95. The van der Waals surface area contributed by atoms with Crippen molar-refractivity contribution >= 4 is 5.91 Å². The number of hydrogen-bond acceptors (Lipinski definition) is 2. The minimum absolute atomic E-state index is 0.0788. The van der Waals surface area contributed by atoms with Crippen molar-refractivity contribution in [2.45, 2.75) is 44.3 Å². The number of alkyl halides is 3. The summed E-state index contributed by atoms with van der Waals surface area (Å²) in [5, 5.41) is 3.10. The van der Waals surface area contributed by atoms with Crippen LogP contribution in [0, 0.1) is 0 Å². The molecular formula is C17H23F3N2O. The second kappa shape index (κ2) is 7.34. The van der Waals surface area contributed by atoms with E-state index in [0.717, 1.165) is 43.6 Å². The van der Waals surface area contributed by atoms with Crippen LogP contribution < -0.4 is 5.32 Å². The second-order valence-corrected chi connectivity index (χ2v) is 6.17. The van der Waals surface area contributed by atoms with Gasteiger partial charge in [-0.3, -0.25) is 4.79 Å². The smallest absolute Gasteiger partial charge is 0.338 e. The zero-order valence-corrected chi connectivity index (χ0v) is 13.5. The fourth-order valence-corrected chi connectivity index (χ4v) is 3.11. The highest BCUT2D eigenvalue weighted by Crippen LogP contribution is 2.31. The van der Waals surface area contributed by atoms with Gasteiger partial charge in [0.05, 0.1) is 5.56 Å². The van der Waals surface area contributed by atoms with Gasteiger partial charge in [-0.05, 0) is 43.5 Å². The minimum Gasteiger partial charge on any atom is -0.338 e. The highest BCUT2D eigenvalue weighted by atomic mass is 19.4. The molecule has 2 unspecified atom stereocenters. The molecule has 1 aliphatic rings. The Balaban J connectivity index is 1.98. The number of likely N-dealkylation sites (tertiary alicyclic amines) is 1. The van der Waals surface area contributed by atoms with Crippen molar-refractivity contribution < 1.29 is 18.0 Å². The molecule has 2 atom stereocenters. The second-order valence-electron chi connectivity index (χ2n) is 6.17. The summed E-state index contributed by atoms with van der Waals surface area (Å²) < 4.78 is 37.8. The average molecular weight is 328 g/mol. The topological polar surface area (TPSA) is 32.3 Å². The molecule has 0 aromatic heterocycles. The molecule has 0 bridgehead atoms. The fraction of sp³-hybridized carbons (Fsp3) is 0.588. The lowest BCUT2D eigenvalue weighted by atomic mass is 9.96. The monoisotopic (exact) mass is 328 g/mol. The Bertz CT molecular complexity index is 528. The molecule has 23 heavy (non-hydrogen) atoms. The van der Waals surface area contributed by atoms with Crippen LogP contribution in [0.2, 0.25) is 0 Å². The Hall–Kier alpha value is -1.56. The van der Waals surface area contributed by atoms with Gasteiger partial charge in [0.1, 0.15) is 0 Å². The fourth-order valence-electron chi connectivity index (χ4n) is 3.11. The van der Waals surface area contributed by atoms with Crippen LogP contribution in [0.1, 0.15) is 43.2 Å². The number of carbonyl (C=O) groups is 1. The normalized spacial score (nSPS) is 19.9. The molecule has 0 saturated carbocycles. The largest absolute Gasteiger partial charge is 0.416 e. The molecule has 3 nitrogen and oxygen atoms in total. The molecule has 0 radical (unpaired) electrons. The van der Waals surface area contributed by atoms with E-state index in [1.807, 2.05) is 18.9 Å². The van der Waals surface area contributed by atoms with E-state index in [9.17, 15) is 18.0 Å². The zero-order chi connectivity index (χ0) is 17.0. The number of amides is 1. The summed E-state index contributed by atoms with van der Waals surface area (Å²) in [6.07, 6.45) is -1.99. The summed E-state index contributed by atoms with van der Waals surface area (Å²) in [5.41, 5.74) is 0.101. The molecule has 1 amide bonds. The van der Waals surface area contributed by atoms with Crippen molar-refractivity contribution in [3.8, 4) is 0 Å². The summed E-state index contributed by atoms with van der Waals surface area (Å²) in [6.45, 7) is 3.43. The Kier molecular flexibility index (Phi) is 5.68. The lowest BCUT2D eigenvalue weighted by Gasteiger charge is -2.26. The summed E-state index contributed by atoms with van der Waals surface area (Å²) in [7, 11) is 1.87. The molecule has 1 N–H and O–H groups in total. The predicted molar refractivity (Wildman–Crippen MR) is 83.1 cm³/mol. The van der Waals surface area contributed by atoms with Crippen molar-refractivity contribution in [1.82, 2.24) is 10.2 Å². The van der Waals surface area contributed by atoms with Crippen molar-refractivity contribution in [3.63, 3.8) is 0 Å². The molecule has 1 heterocycles. The highest BCUT2D eigenvalue weighted by molar-refractivity contribution is 5.77. The van der Waals surface area contributed by atoms with Gasteiger partial charge in [-0.1, -0.05) is 19.1 Å². The van der Waals surface area contributed by atoms with E-state index in [1.165, 1.54) is 12.1 Å². The van der Waals surface area contributed by atoms with Crippen molar-refractivity contribution in [1.29, 1.82) is 0 Å². The molecule has 128 valence electrons. The van der Waals surface area contributed by atoms with Gasteiger partial charge in [-0.25, -0.2) is 0 Å². The van der Waals surface area contributed by atoms with Crippen LogP contribution in [0.3, 0.4) is 0 Å². The predicted octanol–water partition coefficient (Wildman–Crippen LogP) is 3.41. The first-order valence-corrected chi connectivity index (χ1v) is 7.94. The van der Waals surface area contributed by atoms with Gasteiger partial charge in [-0.2, -0.15) is 13.2 Å². The van der Waals surface area contributed by atoms with E-state index in [1.54, 1.807) is 0 Å². The van der Waals surface area contributed by atoms with E-state index in [2.05, 4.69) is 5.32 Å². The first kappa shape index (κ1) is 17.8.